The molecule has 6 heteroatoms. The summed E-state index contributed by atoms with van der Waals surface area (Å²) in [6.45, 7) is 5.91. The van der Waals surface area contributed by atoms with Crippen LogP contribution in [0.5, 0.6) is 0 Å². The molecule has 0 saturated carbocycles. The van der Waals surface area contributed by atoms with Gasteiger partial charge in [-0.2, -0.15) is 0 Å². The minimum Gasteiger partial charge on any atom is -0.341 e. The molecule has 1 amide bonds. The van der Waals surface area contributed by atoms with Gasteiger partial charge in [0.05, 0.1) is 10.9 Å². The van der Waals surface area contributed by atoms with Gasteiger partial charge in [0, 0.05) is 13.1 Å². The summed E-state index contributed by atoms with van der Waals surface area (Å²) in [7, 11) is 0. The van der Waals surface area contributed by atoms with Gasteiger partial charge in [0.25, 0.3) is 5.56 Å². The van der Waals surface area contributed by atoms with E-state index in [1.54, 1.807) is 6.07 Å². The van der Waals surface area contributed by atoms with Crippen molar-refractivity contribution in [2.75, 3.05) is 13.1 Å². The summed E-state index contributed by atoms with van der Waals surface area (Å²) in [6, 6.07) is 7.23. The van der Waals surface area contributed by atoms with Crippen LogP contribution in [0, 0.1) is 16.6 Å². The minimum absolute atomic E-state index is 0.000101. The maximum Gasteiger partial charge on any atom is 0.262 e. The second kappa shape index (κ2) is 6.89. The van der Waals surface area contributed by atoms with Crippen molar-refractivity contribution in [3.05, 3.63) is 39.4 Å². The molecule has 2 heterocycles. The van der Waals surface area contributed by atoms with Crippen LogP contribution >= 0.6 is 12.2 Å². The number of para-hydroxylation sites is 1. The number of benzene rings is 1. The molecule has 1 aliphatic rings. The molecular formula is C18H23N3O2S. The van der Waals surface area contributed by atoms with Gasteiger partial charge in [0.2, 0.25) is 5.91 Å². The number of amides is 1. The first-order valence-corrected chi connectivity index (χ1v) is 8.86. The molecule has 5 nitrogen and oxygen atoms in total. The van der Waals surface area contributed by atoms with Gasteiger partial charge in [0.1, 0.15) is 6.54 Å². The number of rotatable bonds is 2. The zero-order valence-electron chi connectivity index (χ0n) is 14.1. The molecule has 128 valence electrons. The fourth-order valence-corrected chi connectivity index (χ4v) is 3.78. The van der Waals surface area contributed by atoms with Crippen molar-refractivity contribution in [3.63, 3.8) is 0 Å². The van der Waals surface area contributed by atoms with Crippen LogP contribution in [0.4, 0.5) is 0 Å². The molecule has 0 radical (unpaired) electrons. The van der Waals surface area contributed by atoms with Gasteiger partial charge in [-0.1, -0.05) is 26.0 Å². The molecule has 1 saturated heterocycles. The highest BCUT2D eigenvalue weighted by molar-refractivity contribution is 7.71. The number of hydrogen-bond acceptors (Lipinski definition) is 3. The van der Waals surface area contributed by atoms with Crippen LogP contribution in [-0.4, -0.2) is 33.4 Å². The average Bonchev–Trinajstić information content (AvgIpc) is 2.71. The number of fused-ring (bicyclic) bond motifs is 1. The number of aromatic amines is 1. The van der Waals surface area contributed by atoms with Gasteiger partial charge < -0.3 is 9.88 Å². The predicted molar refractivity (Wildman–Crippen MR) is 97.5 cm³/mol. The Morgan fingerprint density at radius 3 is 2.83 bits per heavy atom. The minimum atomic E-state index is -0.209. The summed E-state index contributed by atoms with van der Waals surface area (Å²) in [5.74, 6) is 1.08. The fraction of sp³-hybridized carbons (Fsp3) is 0.500. The summed E-state index contributed by atoms with van der Waals surface area (Å²) in [6.07, 6.45) is 2.15. The highest BCUT2D eigenvalue weighted by Crippen LogP contribution is 2.21. The molecule has 1 aromatic heterocycles. The van der Waals surface area contributed by atoms with Crippen molar-refractivity contribution < 1.29 is 4.79 Å². The van der Waals surface area contributed by atoms with Crippen LogP contribution in [0.2, 0.25) is 0 Å². The Hall–Kier alpha value is -1.95. The summed E-state index contributed by atoms with van der Waals surface area (Å²) in [5.41, 5.74) is 0.493. The van der Waals surface area contributed by atoms with E-state index in [0.717, 1.165) is 25.9 Å². The number of aromatic nitrogens is 2. The second-order valence-electron chi connectivity index (χ2n) is 6.94. The van der Waals surface area contributed by atoms with Crippen molar-refractivity contribution in [2.45, 2.75) is 33.2 Å². The third kappa shape index (κ3) is 3.43. The molecule has 2 atom stereocenters. The van der Waals surface area contributed by atoms with Crippen molar-refractivity contribution >= 4 is 29.0 Å². The Morgan fingerprint density at radius 2 is 2.04 bits per heavy atom. The zero-order chi connectivity index (χ0) is 17.3. The van der Waals surface area contributed by atoms with Crippen molar-refractivity contribution in [2.24, 2.45) is 11.8 Å². The molecule has 2 unspecified atom stereocenters. The van der Waals surface area contributed by atoms with Crippen LogP contribution in [0.25, 0.3) is 10.9 Å². The lowest BCUT2D eigenvalue weighted by molar-refractivity contribution is -0.132. The quantitative estimate of drug-likeness (QED) is 0.852. The number of likely N-dealkylation sites (tertiary alicyclic amines) is 1. The van der Waals surface area contributed by atoms with Gasteiger partial charge in [0.15, 0.2) is 4.77 Å². The molecule has 1 fully saturated rings. The van der Waals surface area contributed by atoms with E-state index < -0.39 is 0 Å². The van der Waals surface area contributed by atoms with E-state index >= 15 is 0 Å². The number of carbonyl (C=O) groups excluding carboxylic acids is 1. The van der Waals surface area contributed by atoms with E-state index in [1.807, 2.05) is 23.1 Å². The number of carbonyl (C=O) groups is 1. The predicted octanol–water partition coefficient (Wildman–Crippen LogP) is 2.95. The van der Waals surface area contributed by atoms with Gasteiger partial charge >= 0.3 is 0 Å². The Kier molecular flexibility index (Phi) is 4.85. The molecule has 1 N–H and O–H groups in total. The van der Waals surface area contributed by atoms with Gasteiger partial charge in [-0.05, 0) is 49.0 Å². The maximum absolute atomic E-state index is 12.7. The fourth-order valence-electron chi connectivity index (χ4n) is 3.53. The summed E-state index contributed by atoms with van der Waals surface area (Å²) in [4.78, 5) is 30.3. The summed E-state index contributed by atoms with van der Waals surface area (Å²) in [5, 5.41) is 0.553. The molecule has 24 heavy (non-hydrogen) atoms. The van der Waals surface area contributed by atoms with Crippen LogP contribution in [0.1, 0.15) is 26.7 Å². The maximum atomic E-state index is 12.7. The molecule has 1 aliphatic heterocycles. The largest absolute Gasteiger partial charge is 0.341 e. The average molecular weight is 345 g/mol. The third-order valence-corrected chi connectivity index (χ3v) is 5.09. The SMILES string of the molecule is CC1CCN(C(=O)Cn2c(=S)[nH]c3ccccc3c2=O)CC(C)C1. The first-order chi connectivity index (χ1) is 11.5. The van der Waals surface area contributed by atoms with E-state index in [4.69, 9.17) is 12.2 Å². The molecule has 0 bridgehead atoms. The smallest absolute Gasteiger partial charge is 0.262 e. The lowest BCUT2D eigenvalue weighted by Gasteiger charge is -2.23. The van der Waals surface area contributed by atoms with Crippen molar-refractivity contribution in [1.82, 2.24) is 14.5 Å². The monoisotopic (exact) mass is 345 g/mol. The Labute approximate surface area is 146 Å². The lowest BCUT2D eigenvalue weighted by atomic mass is 9.97. The standard InChI is InChI=1S/C18H23N3O2S/c1-12-7-8-20(10-13(2)9-12)16(22)11-21-17(23)14-5-3-4-6-15(14)19-18(21)24/h3-6,12-13H,7-11H2,1-2H3,(H,19,24). The van der Waals surface area contributed by atoms with Crippen molar-refractivity contribution in [3.8, 4) is 0 Å². The first-order valence-electron chi connectivity index (χ1n) is 8.45. The van der Waals surface area contributed by atoms with Crippen LogP contribution in [-0.2, 0) is 11.3 Å². The van der Waals surface area contributed by atoms with Crippen LogP contribution in [0.15, 0.2) is 29.1 Å². The molecule has 0 spiro atoms. The Morgan fingerprint density at radius 1 is 1.29 bits per heavy atom. The van der Waals surface area contributed by atoms with E-state index in [9.17, 15) is 9.59 Å². The topological polar surface area (TPSA) is 58.1 Å². The lowest BCUT2D eigenvalue weighted by Crippen LogP contribution is -2.39. The van der Waals surface area contributed by atoms with Gasteiger partial charge in [-0.15, -0.1) is 0 Å². The number of H-pyrrole nitrogens is 1. The number of nitrogens with zero attached hydrogens (tertiary/aromatic N) is 2. The molecule has 1 aromatic carbocycles. The molecule has 3 rings (SSSR count). The van der Waals surface area contributed by atoms with E-state index in [-0.39, 0.29) is 18.0 Å². The summed E-state index contributed by atoms with van der Waals surface area (Å²) >= 11 is 5.29. The van der Waals surface area contributed by atoms with Crippen LogP contribution in [0.3, 0.4) is 0 Å². The molecule has 2 aromatic rings. The third-order valence-electron chi connectivity index (χ3n) is 4.76. The highest BCUT2D eigenvalue weighted by atomic mass is 32.1. The van der Waals surface area contributed by atoms with Gasteiger partial charge in [-0.3, -0.25) is 14.2 Å². The van der Waals surface area contributed by atoms with E-state index in [2.05, 4.69) is 18.8 Å². The van der Waals surface area contributed by atoms with Crippen molar-refractivity contribution in [1.29, 1.82) is 0 Å². The number of nitrogens with one attached hydrogen (secondary N) is 1. The van der Waals surface area contributed by atoms with Gasteiger partial charge in [-0.25, -0.2) is 0 Å². The Bertz CT molecular complexity index is 870. The normalized spacial score (nSPS) is 21.7. The molecular weight excluding hydrogens is 322 g/mol. The first kappa shape index (κ1) is 16.9. The highest BCUT2D eigenvalue weighted by Gasteiger charge is 2.23. The van der Waals surface area contributed by atoms with E-state index in [0.29, 0.717) is 27.5 Å². The Balaban J connectivity index is 1.88. The summed E-state index contributed by atoms with van der Waals surface area (Å²) < 4.78 is 1.67. The molecule has 0 aliphatic carbocycles. The zero-order valence-corrected chi connectivity index (χ0v) is 14.9. The van der Waals surface area contributed by atoms with E-state index in [1.165, 1.54) is 4.57 Å². The van der Waals surface area contributed by atoms with Crippen LogP contribution < -0.4 is 5.56 Å². The second-order valence-corrected chi connectivity index (χ2v) is 7.33. The number of hydrogen-bond donors (Lipinski definition) is 1.